The SMILES string of the molecule is CCn1c(COc2ccc(C)cc2)nc2c(N)cccc21. The van der Waals surface area contributed by atoms with E-state index in [9.17, 15) is 0 Å². The zero-order chi connectivity index (χ0) is 14.8. The van der Waals surface area contributed by atoms with E-state index >= 15 is 0 Å². The number of imidazole rings is 1. The maximum atomic E-state index is 6.00. The van der Waals surface area contributed by atoms with Gasteiger partial charge >= 0.3 is 0 Å². The molecular formula is C17H19N3O. The fraction of sp³-hybridized carbons (Fsp3) is 0.235. The van der Waals surface area contributed by atoms with E-state index in [2.05, 4.69) is 23.4 Å². The molecule has 0 unspecified atom stereocenters. The number of rotatable bonds is 4. The number of fused-ring (bicyclic) bond motifs is 1. The summed E-state index contributed by atoms with van der Waals surface area (Å²) in [6.45, 7) is 5.43. The first-order valence-corrected chi connectivity index (χ1v) is 7.12. The Kier molecular flexibility index (Phi) is 3.52. The lowest BCUT2D eigenvalue weighted by molar-refractivity contribution is 0.290. The van der Waals surface area contributed by atoms with Crippen molar-refractivity contribution >= 4 is 16.7 Å². The maximum Gasteiger partial charge on any atom is 0.148 e. The highest BCUT2D eigenvalue weighted by molar-refractivity contribution is 5.87. The lowest BCUT2D eigenvalue weighted by Crippen LogP contribution is -2.05. The van der Waals surface area contributed by atoms with Gasteiger partial charge in [-0.15, -0.1) is 0 Å². The van der Waals surface area contributed by atoms with Crippen LogP contribution >= 0.6 is 0 Å². The molecule has 1 heterocycles. The molecule has 21 heavy (non-hydrogen) atoms. The second kappa shape index (κ2) is 5.48. The van der Waals surface area contributed by atoms with Gasteiger partial charge in [0.25, 0.3) is 0 Å². The number of hydrogen-bond acceptors (Lipinski definition) is 3. The summed E-state index contributed by atoms with van der Waals surface area (Å²) in [4.78, 5) is 4.63. The van der Waals surface area contributed by atoms with Gasteiger partial charge in [-0.1, -0.05) is 23.8 Å². The molecule has 108 valence electrons. The highest BCUT2D eigenvalue weighted by Gasteiger charge is 2.11. The van der Waals surface area contributed by atoms with E-state index in [0.717, 1.165) is 29.2 Å². The Bertz CT molecular complexity index is 760. The van der Waals surface area contributed by atoms with E-state index in [1.54, 1.807) is 0 Å². The molecule has 3 rings (SSSR count). The van der Waals surface area contributed by atoms with Crippen LogP contribution in [0.5, 0.6) is 5.75 Å². The molecule has 4 nitrogen and oxygen atoms in total. The number of anilines is 1. The molecule has 2 N–H and O–H groups in total. The standard InChI is InChI=1S/C17H19N3O/c1-3-20-15-6-4-5-14(18)17(15)19-16(20)11-21-13-9-7-12(2)8-10-13/h4-10H,3,11,18H2,1-2H3. The first-order valence-electron chi connectivity index (χ1n) is 7.12. The summed E-state index contributed by atoms with van der Waals surface area (Å²) >= 11 is 0. The third-order valence-electron chi connectivity index (χ3n) is 3.59. The molecule has 0 bridgehead atoms. The number of nitrogens with zero attached hydrogens (tertiary/aromatic N) is 2. The van der Waals surface area contributed by atoms with Crippen LogP contribution in [-0.4, -0.2) is 9.55 Å². The van der Waals surface area contributed by atoms with Gasteiger partial charge in [0.2, 0.25) is 0 Å². The predicted octanol–water partition coefficient (Wildman–Crippen LogP) is 3.53. The topological polar surface area (TPSA) is 53.1 Å². The molecule has 2 aromatic carbocycles. The summed E-state index contributed by atoms with van der Waals surface area (Å²) in [5, 5.41) is 0. The number of hydrogen-bond donors (Lipinski definition) is 1. The number of ether oxygens (including phenoxy) is 1. The lowest BCUT2D eigenvalue weighted by atomic mass is 10.2. The van der Waals surface area contributed by atoms with Gasteiger partial charge in [0.05, 0.1) is 11.2 Å². The van der Waals surface area contributed by atoms with Crippen molar-refractivity contribution in [1.82, 2.24) is 9.55 Å². The molecule has 0 aliphatic heterocycles. The third-order valence-corrected chi connectivity index (χ3v) is 3.59. The van der Waals surface area contributed by atoms with Crippen molar-refractivity contribution < 1.29 is 4.74 Å². The summed E-state index contributed by atoms with van der Waals surface area (Å²) in [7, 11) is 0. The van der Waals surface area contributed by atoms with E-state index in [1.807, 2.05) is 42.5 Å². The van der Waals surface area contributed by atoms with Crippen molar-refractivity contribution in [3.8, 4) is 5.75 Å². The largest absolute Gasteiger partial charge is 0.486 e. The molecule has 4 heteroatoms. The van der Waals surface area contributed by atoms with Crippen LogP contribution in [0.1, 0.15) is 18.3 Å². The first kappa shape index (κ1) is 13.5. The average molecular weight is 281 g/mol. The maximum absolute atomic E-state index is 6.00. The van der Waals surface area contributed by atoms with Gasteiger partial charge in [0.15, 0.2) is 0 Å². The number of aryl methyl sites for hydroxylation is 2. The van der Waals surface area contributed by atoms with E-state index in [1.165, 1.54) is 5.56 Å². The molecule has 0 radical (unpaired) electrons. The second-order valence-electron chi connectivity index (χ2n) is 5.09. The van der Waals surface area contributed by atoms with Gasteiger partial charge in [0.1, 0.15) is 23.7 Å². The Balaban J connectivity index is 1.89. The van der Waals surface area contributed by atoms with Crippen LogP contribution < -0.4 is 10.5 Å². The Morgan fingerprint density at radius 2 is 1.90 bits per heavy atom. The summed E-state index contributed by atoms with van der Waals surface area (Å²) in [5.74, 6) is 1.74. The molecule has 0 atom stereocenters. The number of nitrogens with two attached hydrogens (primary N) is 1. The highest BCUT2D eigenvalue weighted by atomic mass is 16.5. The molecule has 0 saturated carbocycles. The summed E-state index contributed by atoms with van der Waals surface area (Å²) in [6, 6.07) is 13.9. The molecule has 0 fully saturated rings. The molecular weight excluding hydrogens is 262 g/mol. The Morgan fingerprint density at radius 3 is 2.62 bits per heavy atom. The molecule has 0 saturated heterocycles. The van der Waals surface area contributed by atoms with Crippen molar-refractivity contribution in [3.63, 3.8) is 0 Å². The Morgan fingerprint density at radius 1 is 1.14 bits per heavy atom. The first-order chi connectivity index (χ1) is 10.2. The minimum absolute atomic E-state index is 0.436. The lowest BCUT2D eigenvalue weighted by Gasteiger charge is -2.08. The van der Waals surface area contributed by atoms with Gasteiger partial charge in [-0.05, 0) is 38.1 Å². The molecule has 0 amide bonds. The van der Waals surface area contributed by atoms with Crippen molar-refractivity contribution in [1.29, 1.82) is 0 Å². The van der Waals surface area contributed by atoms with Gasteiger partial charge in [0, 0.05) is 6.54 Å². The summed E-state index contributed by atoms with van der Waals surface area (Å²) in [5.41, 5.74) is 9.83. The van der Waals surface area contributed by atoms with E-state index in [-0.39, 0.29) is 0 Å². The molecule has 0 aliphatic rings. The van der Waals surface area contributed by atoms with Crippen molar-refractivity contribution in [2.24, 2.45) is 0 Å². The fourth-order valence-corrected chi connectivity index (χ4v) is 2.46. The van der Waals surface area contributed by atoms with Crippen LogP contribution in [0.15, 0.2) is 42.5 Å². The van der Waals surface area contributed by atoms with Gasteiger partial charge in [-0.25, -0.2) is 4.98 Å². The molecule has 1 aromatic heterocycles. The highest BCUT2D eigenvalue weighted by Crippen LogP contribution is 2.23. The average Bonchev–Trinajstić information content (AvgIpc) is 2.86. The van der Waals surface area contributed by atoms with Crippen molar-refractivity contribution in [3.05, 3.63) is 53.9 Å². The minimum Gasteiger partial charge on any atom is -0.486 e. The number of para-hydroxylation sites is 1. The van der Waals surface area contributed by atoms with Crippen LogP contribution in [0.3, 0.4) is 0 Å². The number of aromatic nitrogens is 2. The van der Waals surface area contributed by atoms with E-state index in [4.69, 9.17) is 10.5 Å². The molecule has 0 aliphatic carbocycles. The van der Waals surface area contributed by atoms with Crippen LogP contribution in [-0.2, 0) is 13.2 Å². The Labute approximate surface area is 124 Å². The fourth-order valence-electron chi connectivity index (χ4n) is 2.46. The quantitative estimate of drug-likeness (QED) is 0.744. The smallest absolute Gasteiger partial charge is 0.148 e. The predicted molar refractivity (Wildman–Crippen MR) is 85.3 cm³/mol. The van der Waals surface area contributed by atoms with Crippen LogP contribution in [0.25, 0.3) is 11.0 Å². The van der Waals surface area contributed by atoms with Crippen LogP contribution in [0.2, 0.25) is 0 Å². The van der Waals surface area contributed by atoms with E-state index < -0.39 is 0 Å². The van der Waals surface area contributed by atoms with Gasteiger partial charge in [-0.3, -0.25) is 0 Å². The van der Waals surface area contributed by atoms with Crippen LogP contribution in [0, 0.1) is 6.92 Å². The Hall–Kier alpha value is -2.49. The molecule has 3 aromatic rings. The zero-order valence-electron chi connectivity index (χ0n) is 12.3. The van der Waals surface area contributed by atoms with Crippen LogP contribution in [0.4, 0.5) is 5.69 Å². The van der Waals surface area contributed by atoms with E-state index in [0.29, 0.717) is 12.3 Å². The van der Waals surface area contributed by atoms with Crippen molar-refractivity contribution in [2.45, 2.75) is 27.0 Å². The van der Waals surface area contributed by atoms with Gasteiger partial charge < -0.3 is 15.0 Å². The van der Waals surface area contributed by atoms with Crippen molar-refractivity contribution in [2.75, 3.05) is 5.73 Å². The molecule has 0 spiro atoms. The minimum atomic E-state index is 0.436. The zero-order valence-corrected chi connectivity index (χ0v) is 12.3. The second-order valence-corrected chi connectivity index (χ2v) is 5.09. The summed E-state index contributed by atoms with van der Waals surface area (Å²) in [6.07, 6.45) is 0. The third kappa shape index (κ3) is 2.57. The normalized spacial score (nSPS) is 11.0. The number of nitrogen functional groups attached to an aromatic ring is 1. The van der Waals surface area contributed by atoms with Gasteiger partial charge in [-0.2, -0.15) is 0 Å². The monoisotopic (exact) mass is 281 g/mol. The summed E-state index contributed by atoms with van der Waals surface area (Å²) < 4.78 is 7.97. The number of benzene rings is 2.